The Hall–Kier alpha value is -3.21. The summed E-state index contributed by atoms with van der Waals surface area (Å²) in [6.45, 7) is 4.88. The zero-order valence-electron chi connectivity index (χ0n) is 20.5. The minimum atomic E-state index is -1.32. The normalized spacial score (nSPS) is 18.6. The maximum atomic E-state index is 13.5. The standard InChI is InChI=1S/C26H31F2N3O5/c1-19-13-29-31(14-19)8-10-35-24-6-3-20(11-25(24)33-2)15-30-7-9-34-17-26(32,16-30)18-36-21-4-5-22(27)23(28)12-21/h3-6,11-14,32H,7-10,15-18H2,1-2H3/t26-/m0/s1. The van der Waals surface area contributed by atoms with Crippen LogP contribution in [0.25, 0.3) is 0 Å². The lowest BCUT2D eigenvalue weighted by Gasteiger charge is -2.30. The summed E-state index contributed by atoms with van der Waals surface area (Å²) in [6, 6.07) is 9.01. The van der Waals surface area contributed by atoms with Crippen molar-refractivity contribution >= 4 is 0 Å². The lowest BCUT2D eigenvalue weighted by Crippen LogP contribution is -2.48. The number of aryl methyl sites for hydroxylation is 1. The summed E-state index contributed by atoms with van der Waals surface area (Å²) in [4.78, 5) is 2.05. The predicted molar refractivity (Wildman–Crippen MR) is 128 cm³/mol. The number of ether oxygens (including phenoxy) is 4. The van der Waals surface area contributed by atoms with Crippen LogP contribution in [0.1, 0.15) is 11.1 Å². The quantitative estimate of drug-likeness (QED) is 0.455. The van der Waals surface area contributed by atoms with Gasteiger partial charge in [0, 0.05) is 31.9 Å². The maximum Gasteiger partial charge on any atom is 0.162 e. The summed E-state index contributed by atoms with van der Waals surface area (Å²) in [7, 11) is 1.59. The van der Waals surface area contributed by atoms with Gasteiger partial charge in [0.15, 0.2) is 23.1 Å². The Labute approximate surface area is 209 Å². The van der Waals surface area contributed by atoms with E-state index >= 15 is 0 Å². The van der Waals surface area contributed by atoms with Gasteiger partial charge in [-0.1, -0.05) is 6.07 Å². The monoisotopic (exact) mass is 503 g/mol. The molecule has 1 aliphatic heterocycles. The van der Waals surface area contributed by atoms with E-state index in [1.807, 2.05) is 36.0 Å². The molecule has 0 amide bonds. The Morgan fingerprint density at radius 3 is 2.72 bits per heavy atom. The Kier molecular flexibility index (Phi) is 8.40. The van der Waals surface area contributed by atoms with Crippen molar-refractivity contribution in [3.63, 3.8) is 0 Å². The number of nitrogens with zero attached hydrogens (tertiary/aromatic N) is 3. The number of hydrogen-bond donors (Lipinski definition) is 1. The van der Waals surface area contributed by atoms with Crippen LogP contribution in [-0.2, 0) is 17.8 Å². The van der Waals surface area contributed by atoms with Gasteiger partial charge in [-0.05, 0) is 42.3 Å². The van der Waals surface area contributed by atoms with Crippen molar-refractivity contribution in [2.75, 3.05) is 46.6 Å². The molecule has 0 spiro atoms. The van der Waals surface area contributed by atoms with Gasteiger partial charge in [-0.3, -0.25) is 9.58 Å². The SMILES string of the molecule is COc1cc(CN2CCOC[C@](O)(COc3ccc(F)c(F)c3)C2)ccc1OCCn1cc(C)cn1. The van der Waals surface area contributed by atoms with Gasteiger partial charge in [-0.2, -0.15) is 5.10 Å². The van der Waals surface area contributed by atoms with E-state index in [-0.39, 0.29) is 25.5 Å². The van der Waals surface area contributed by atoms with Gasteiger partial charge < -0.3 is 24.1 Å². The van der Waals surface area contributed by atoms with Crippen molar-refractivity contribution in [1.82, 2.24) is 14.7 Å². The van der Waals surface area contributed by atoms with E-state index in [1.165, 1.54) is 6.07 Å². The maximum absolute atomic E-state index is 13.5. The molecule has 3 aromatic rings. The van der Waals surface area contributed by atoms with Gasteiger partial charge in [0.1, 0.15) is 24.6 Å². The molecule has 1 aromatic heterocycles. The van der Waals surface area contributed by atoms with E-state index in [0.717, 1.165) is 23.3 Å². The Morgan fingerprint density at radius 1 is 1.11 bits per heavy atom. The molecule has 0 saturated carbocycles. The van der Waals surface area contributed by atoms with Crippen molar-refractivity contribution in [3.05, 3.63) is 71.6 Å². The molecule has 36 heavy (non-hydrogen) atoms. The second-order valence-electron chi connectivity index (χ2n) is 8.97. The van der Waals surface area contributed by atoms with Gasteiger partial charge in [0.05, 0.1) is 33.1 Å². The molecular formula is C26H31F2N3O5. The van der Waals surface area contributed by atoms with E-state index in [9.17, 15) is 13.9 Å². The second kappa shape index (κ2) is 11.7. The lowest BCUT2D eigenvalue weighted by atomic mass is 10.1. The highest BCUT2D eigenvalue weighted by Gasteiger charge is 2.33. The topological polar surface area (TPSA) is 78.2 Å². The molecule has 1 aliphatic rings. The minimum absolute atomic E-state index is 0.0685. The van der Waals surface area contributed by atoms with Crippen LogP contribution in [0.15, 0.2) is 48.8 Å². The van der Waals surface area contributed by atoms with Crippen LogP contribution in [0.4, 0.5) is 8.78 Å². The lowest BCUT2D eigenvalue weighted by molar-refractivity contribution is -0.0647. The van der Waals surface area contributed by atoms with Crippen LogP contribution in [0.3, 0.4) is 0 Å². The molecule has 0 radical (unpaired) electrons. The van der Waals surface area contributed by atoms with Gasteiger partial charge in [-0.15, -0.1) is 0 Å². The average Bonchev–Trinajstić information content (AvgIpc) is 3.18. The first-order chi connectivity index (χ1) is 17.3. The minimum Gasteiger partial charge on any atom is -0.493 e. The highest BCUT2D eigenvalue weighted by atomic mass is 19.2. The number of halogens is 2. The Balaban J connectivity index is 1.35. The summed E-state index contributed by atoms with van der Waals surface area (Å²) >= 11 is 0. The fraction of sp³-hybridized carbons (Fsp3) is 0.423. The van der Waals surface area contributed by atoms with Crippen LogP contribution in [0.2, 0.25) is 0 Å². The van der Waals surface area contributed by atoms with E-state index in [2.05, 4.69) is 10.00 Å². The zero-order chi connectivity index (χ0) is 25.5. The fourth-order valence-electron chi connectivity index (χ4n) is 4.03. The molecule has 1 fully saturated rings. The summed E-state index contributed by atoms with van der Waals surface area (Å²) in [5.74, 6) is -0.560. The summed E-state index contributed by atoms with van der Waals surface area (Å²) in [5, 5.41) is 15.4. The smallest absolute Gasteiger partial charge is 0.162 e. The van der Waals surface area contributed by atoms with E-state index in [0.29, 0.717) is 44.3 Å². The largest absolute Gasteiger partial charge is 0.493 e. The van der Waals surface area contributed by atoms with E-state index < -0.39 is 17.2 Å². The molecule has 0 bridgehead atoms. The molecule has 0 unspecified atom stereocenters. The van der Waals surface area contributed by atoms with Crippen LogP contribution in [-0.4, -0.2) is 72.0 Å². The highest BCUT2D eigenvalue weighted by molar-refractivity contribution is 5.43. The number of aliphatic hydroxyl groups is 1. The van der Waals surface area contributed by atoms with Crippen molar-refractivity contribution in [2.24, 2.45) is 0 Å². The van der Waals surface area contributed by atoms with Crippen LogP contribution in [0.5, 0.6) is 17.2 Å². The zero-order valence-corrected chi connectivity index (χ0v) is 20.5. The summed E-state index contributed by atoms with van der Waals surface area (Å²) < 4.78 is 51.1. The number of β-amino-alcohol motifs (C(OH)–C–C–N with tert-alkyl or cyclic N) is 1. The third kappa shape index (κ3) is 6.93. The first kappa shape index (κ1) is 25.9. The Bertz CT molecular complexity index is 1160. The van der Waals surface area contributed by atoms with Crippen LogP contribution < -0.4 is 14.2 Å². The Morgan fingerprint density at radius 2 is 1.97 bits per heavy atom. The number of benzene rings is 2. The molecule has 1 atom stereocenters. The van der Waals surface area contributed by atoms with Crippen LogP contribution in [0, 0.1) is 18.6 Å². The first-order valence-corrected chi connectivity index (χ1v) is 11.7. The molecule has 194 valence electrons. The number of methoxy groups -OCH3 is 1. The number of rotatable bonds is 10. The van der Waals surface area contributed by atoms with E-state index in [1.54, 1.807) is 13.3 Å². The van der Waals surface area contributed by atoms with Gasteiger partial charge in [0.2, 0.25) is 0 Å². The van der Waals surface area contributed by atoms with Gasteiger partial charge in [-0.25, -0.2) is 8.78 Å². The molecule has 1 N–H and O–H groups in total. The van der Waals surface area contributed by atoms with E-state index in [4.69, 9.17) is 18.9 Å². The molecule has 1 saturated heterocycles. The predicted octanol–water partition coefficient (Wildman–Crippen LogP) is 3.20. The van der Waals surface area contributed by atoms with Gasteiger partial charge >= 0.3 is 0 Å². The van der Waals surface area contributed by atoms with Crippen molar-refractivity contribution in [3.8, 4) is 17.2 Å². The van der Waals surface area contributed by atoms with Gasteiger partial charge in [0.25, 0.3) is 0 Å². The molecule has 2 heterocycles. The molecular weight excluding hydrogens is 472 g/mol. The summed E-state index contributed by atoms with van der Waals surface area (Å²) in [5.41, 5.74) is 0.755. The third-order valence-corrected chi connectivity index (χ3v) is 5.81. The summed E-state index contributed by atoms with van der Waals surface area (Å²) in [6.07, 6.45) is 3.76. The fourth-order valence-corrected chi connectivity index (χ4v) is 4.03. The average molecular weight is 504 g/mol. The van der Waals surface area contributed by atoms with Crippen molar-refractivity contribution in [2.45, 2.75) is 25.6 Å². The van der Waals surface area contributed by atoms with Crippen LogP contribution >= 0.6 is 0 Å². The molecule has 8 nitrogen and oxygen atoms in total. The van der Waals surface area contributed by atoms with Crippen molar-refractivity contribution < 1.29 is 32.8 Å². The molecule has 0 aliphatic carbocycles. The number of hydrogen-bond acceptors (Lipinski definition) is 7. The van der Waals surface area contributed by atoms with Crippen molar-refractivity contribution in [1.29, 1.82) is 0 Å². The molecule has 10 heteroatoms. The highest BCUT2D eigenvalue weighted by Crippen LogP contribution is 2.29. The molecule has 4 rings (SSSR count). The third-order valence-electron chi connectivity index (χ3n) is 5.81. The first-order valence-electron chi connectivity index (χ1n) is 11.7. The molecule has 2 aromatic carbocycles. The number of aromatic nitrogens is 2. The second-order valence-corrected chi connectivity index (χ2v) is 8.97.